The lowest BCUT2D eigenvalue weighted by Crippen LogP contribution is -2.17. The Labute approximate surface area is 88.1 Å². The minimum Gasteiger partial charge on any atom is -0.477 e. The molecule has 2 N–H and O–H groups in total. The molecule has 2 rings (SSSR count). The second kappa shape index (κ2) is 3.66. The van der Waals surface area contributed by atoms with Gasteiger partial charge in [0.15, 0.2) is 0 Å². The summed E-state index contributed by atoms with van der Waals surface area (Å²) in [6.45, 7) is 0. The van der Waals surface area contributed by atoms with Crippen LogP contribution in [0.2, 0.25) is 0 Å². The molecule has 5 nitrogen and oxygen atoms in total. The molecule has 0 radical (unpaired) electrons. The lowest BCUT2D eigenvalue weighted by Gasteiger charge is -1.97. The number of hydrogen-bond acceptors (Lipinski definition) is 4. The summed E-state index contributed by atoms with van der Waals surface area (Å²) in [6.07, 6.45) is 1.61. The van der Waals surface area contributed by atoms with Gasteiger partial charge in [-0.25, -0.2) is 9.78 Å². The van der Waals surface area contributed by atoms with Crippen molar-refractivity contribution in [1.82, 2.24) is 9.97 Å². The topological polar surface area (TPSA) is 83.0 Å². The summed E-state index contributed by atoms with van der Waals surface area (Å²) in [6, 6.07) is 2.81. The van der Waals surface area contributed by atoms with Crippen LogP contribution in [-0.4, -0.2) is 21.0 Å². The molecule has 0 spiro atoms. The van der Waals surface area contributed by atoms with E-state index in [1.54, 1.807) is 11.6 Å². The van der Waals surface area contributed by atoms with Gasteiger partial charge in [-0.05, 0) is 12.1 Å². The standard InChI is InChI=1S/C9H6N2O3S/c12-7-5(9(13)14)1-2-6(11-7)8-10-3-4-15-8/h1-4H,(H,11,12)(H,13,14). The number of nitrogens with one attached hydrogen (secondary N) is 1. The van der Waals surface area contributed by atoms with Crippen LogP contribution in [-0.2, 0) is 0 Å². The van der Waals surface area contributed by atoms with Crippen molar-refractivity contribution in [3.63, 3.8) is 0 Å². The molecule has 0 fully saturated rings. The van der Waals surface area contributed by atoms with Gasteiger partial charge in [-0.2, -0.15) is 0 Å². The van der Waals surface area contributed by atoms with Crippen molar-refractivity contribution in [2.24, 2.45) is 0 Å². The van der Waals surface area contributed by atoms with Gasteiger partial charge in [-0.3, -0.25) is 4.79 Å². The molecule has 0 aromatic carbocycles. The number of aromatic carboxylic acids is 1. The van der Waals surface area contributed by atoms with Crippen LogP contribution in [0.3, 0.4) is 0 Å². The molecule has 2 heterocycles. The fourth-order valence-electron chi connectivity index (χ4n) is 1.12. The zero-order valence-electron chi connectivity index (χ0n) is 7.43. The van der Waals surface area contributed by atoms with E-state index in [4.69, 9.17) is 5.11 Å². The lowest BCUT2D eigenvalue weighted by molar-refractivity contribution is 0.0695. The predicted molar refractivity (Wildman–Crippen MR) is 55.1 cm³/mol. The molecule has 0 saturated heterocycles. The number of rotatable bonds is 2. The Bertz CT molecular complexity index is 545. The lowest BCUT2D eigenvalue weighted by atomic mass is 10.2. The number of hydrogen-bond donors (Lipinski definition) is 2. The molecular weight excluding hydrogens is 216 g/mol. The number of aromatic amines is 1. The molecule has 0 aliphatic rings. The van der Waals surface area contributed by atoms with Crippen LogP contribution in [0.5, 0.6) is 0 Å². The molecule has 2 aromatic heterocycles. The number of pyridine rings is 1. The Morgan fingerprint density at radius 2 is 2.27 bits per heavy atom. The van der Waals surface area contributed by atoms with Crippen LogP contribution in [0.1, 0.15) is 10.4 Å². The Balaban J connectivity index is 2.52. The van der Waals surface area contributed by atoms with Crippen molar-refractivity contribution >= 4 is 17.3 Å². The highest BCUT2D eigenvalue weighted by Crippen LogP contribution is 2.17. The smallest absolute Gasteiger partial charge is 0.341 e. The second-order valence-electron chi connectivity index (χ2n) is 2.76. The molecule has 0 amide bonds. The number of H-pyrrole nitrogens is 1. The van der Waals surface area contributed by atoms with E-state index in [1.165, 1.54) is 23.5 Å². The van der Waals surface area contributed by atoms with Gasteiger partial charge < -0.3 is 10.1 Å². The maximum atomic E-state index is 11.3. The molecule has 0 unspecified atom stereocenters. The van der Waals surface area contributed by atoms with E-state index in [-0.39, 0.29) is 5.56 Å². The van der Waals surface area contributed by atoms with Gasteiger partial charge in [0.1, 0.15) is 10.6 Å². The Hall–Kier alpha value is -1.95. The summed E-state index contributed by atoms with van der Waals surface area (Å²) < 4.78 is 0. The zero-order chi connectivity index (χ0) is 10.8. The van der Waals surface area contributed by atoms with E-state index < -0.39 is 11.5 Å². The quantitative estimate of drug-likeness (QED) is 0.799. The van der Waals surface area contributed by atoms with Crippen molar-refractivity contribution < 1.29 is 9.90 Å². The maximum Gasteiger partial charge on any atom is 0.341 e. The van der Waals surface area contributed by atoms with Gasteiger partial charge in [0.05, 0.1) is 5.69 Å². The first-order valence-corrected chi connectivity index (χ1v) is 4.93. The summed E-state index contributed by atoms with van der Waals surface area (Å²) >= 11 is 1.37. The molecule has 0 saturated carbocycles. The van der Waals surface area contributed by atoms with Gasteiger partial charge in [-0.1, -0.05) is 0 Å². The predicted octanol–water partition coefficient (Wildman–Crippen LogP) is 1.20. The van der Waals surface area contributed by atoms with Crippen molar-refractivity contribution in [3.05, 3.63) is 39.6 Å². The number of aromatic nitrogens is 2. The highest BCUT2D eigenvalue weighted by molar-refractivity contribution is 7.13. The minimum absolute atomic E-state index is 0.268. The Kier molecular flexibility index (Phi) is 2.34. The second-order valence-corrected chi connectivity index (χ2v) is 3.65. The van der Waals surface area contributed by atoms with Gasteiger partial charge >= 0.3 is 5.97 Å². The third kappa shape index (κ3) is 1.79. The largest absolute Gasteiger partial charge is 0.477 e. The first-order valence-electron chi connectivity index (χ1n) is 4.05. The van der Waals surface area contributed by atoms with Gasteiger partial charge in [0.25, 0.3) is 5.56 Å². The third-order valence-corrected chi connectivity index (χ3v) is 2.61. The summed E-state index contributed by atoms with van der Waals surface area (Å²) in [5.74, 6) is -1.23. The Morgan fingerprint density at radius 3 is 2.80 bits per heavy atom. The summed E-state index contributed by atoms with van der Waals surface area (Å²) in [5, 5.41) is 11.1. The third-order valence-electron chi connectivity index (χ3n) is 1.80. The van der Waals surface area contributed by atoms with Gasteiger partial charge in [0.2, 0.25) is 0 Å². The Morgan fingerprint density at radius 1 is 1.47 bits per heavy atom. The average Bonchev–Trinajstić information content (AvgIpc) is 2.69. The monoisotopic (exact) mass is 222 g/mol. The number of nitrogens with zero attached hydrogens (tertiary/aromatic N) is 1. The molecule has 76 valence electrons. The molecule has 15 heavy (non-hydrogen) atoms. The minimum atomic E-state index is -1.23. The van der Waals surface area contributed by atoms with Crippen LogP contribution in [0.4, 0.5) is 0 Å². The highest BCUT2D eigenvalue weighted by Gasteiger charge is 2.09. The molecule has 0 aliphatic heterocycles. The fourth-order valence-corrected chi connectivity index (χ4v) is 1.74. The molecule has 0 atom stereocenters. The molecular formula is C9H6N2O3S. The van der Waals surface area contributed by atoms with Crippen molar-refractivity contribution in [2.45, 2.75) is 0 Å². The first-order chi connectivity index (χ1) is 7.18. The zero-order valence-corrected chi connectivity index (χ0v) is 8.25. The van der Waals surface area contributed by atoms with Crippen LogP contribution < -0.4 is 5.56 Å². The number of carbonyl (C=O) groups is 1. The SMILES string of the molecule is O=C(O)c1ccc(-c2nccs2)[nH]c1=O. The number of carboxylic acids is 1. The fraction of sp³-hybridized carbons (Fsp3) is 0. The van der Waals surface area contributed by atoms with Crippen molar-refractivity contribution in [1.29, 1.82) is 0 Å². The van der Waals surface area contributed by atoms with E-state index in [0.717, 1.165) is 0 Å². The number of carboxylic acid groups (broad SMARTS) is 1. The normalized spacial score (nSPS) is 10.1. The van der Waals surface area contributed by atoms with Crippen LogP contribution in [0, 0.1) is 0 Å². The highest BCUT2D eigenvalue weighted by atomic mass is 32.1. The molecule has 6 heteroatoms. The molecule has 0 bridgehead atoms. The first kappa shape index (κ1) is 9.60. The van der Waals surface area contributed by atoms with E-state index in [9.17, 15) is 9.59 Å². The van der Waals surface area contributed by atoms with E-state index in [2.05, 4.69) is 9.97 Å². The van der Waals surface area contributed by atoms with Crippen LogP contribution in [0.15, 0.2) is 28.5 Å². The average molecular weight is 222 g/mol. The van der Waals surface area contributed by atoms with Crippen LogP contribution >= 0.6 is 11.3 Å². The molecule has 2 aromatic rings. The van der Waals surface area contributed by atoms with Gasteiger partial charge in [-0.15, -0.1) is 11.3 Å². The van der Waals surface area contributed by atoms with E-state index >= 15 is 0 Å². The van der Waals surface area contributed by atoms with Gasteiger partial charge in [0, 0.05) is 11.6 Å². The van der Waals surface area contributed by atoms with E-state index in [0.29, 0.717) is 10.7 Å². The number of thiazole rings is 1. The summed E-state index contributed by atoms with van der Waals surface area (Å²) in [4.78, 5) is 28.4. The van der Waals surface area contributed by atoms with Crippen LogP contribution in [0.25, 0.3) is 10.7 Å². The van der Waals surface area contributed by atoms with Crippen molar-refractivity contribution in [2.75, 3.05) is 0 Å². The van der Waals surface area contributed by atoms with E-state index in [1.807, 2.05) is 0 Å². The molecule has 0 aliphatic carbocycles. The van der Waals surface area contributed by atoms with Crippen molar-refractivity contribution in [3.8, 4) is 10.7 Å². The maximum absolute atomic E-state index is 11.3. The summed E-state index contributed by atoms with van der Waals surface area (Å²) in [7, 11) is 0. The summed E-state index contributed by atoms with van der Waals surface area (Å²) in [5.41, 5.74) is -0.356.